The smallest absolute Gasteiger partial charge is 0.225 e. The highest BCUT2D eigenvalue weighted by atomic mass is 32.2. The summed E-state index contributed by atoms with van der Waals surface area (Å²) in [5.41, 5.74) is 4.70. The molecule has 0 spiro atoms. The number of nitrogens with zero attached hydrogens (tertiary/aromatic N) is 2. The third-order valence-corrected chi connectivity index (χ3v) is 7.15. The Hall–Kier alpha value is -4.60. The molecule has 4 aromatic carbocycles. The molecule has 0 bridgehead atoms. The van der Waals surface area contributed by atoms with E-state index in [-0.39, 0.29) is 12.3 Å². The van der Waals surface area contributed by atoms with Crippen molar-refractivity contribution in [3.63, 3.8) is 0 Å². The normalized spacial score (nSPS) is 10.6. The van der Waals surface area contributed by atoms with Gasteiger partial charge in [-0.15, -0.1) is 11.8 Å². The molecule has 1 aromatic heterocycles. The number of amides is 1. The molecule has 0 atom stereocenters. The number of nitrogens with one attached hydrogen (secondary N) is 1. The second-order valence-electron chi connectivity index (χ2n) is 8.65. The molecule has 5 rings (SSSR count). The molecular formula is C32H25N3O2S. The number of aromatic nitrogens is 1. The van der Waals surface area contributed by atoms with Crippen LogP contribution >= 0.6 is 11.8 Å². The van der Waals surface area contributed by atoms with Crippen LogP contribution in [0.1, 0.15) is 12.0 Å². The first-order valence-corrected chi connectivity index (χ1v) is 13.2. The number of thioether (sulfide) groups is 1. The molecule has 0 fully saturated rings. The second kappa shape index (κ2) is 11.6. The Morgan fingerprint density at radius 1 is 0.895 bits per heavy atom. The zero-order valence-corrected chi connectivity index (χ0v) is 21.7. The van der Waals surface area contributed by atoms with Gasteiger partial charge in [0.2, 0.25) is 5.91 Å². The van der Waals surface area contributed by atoms with E-state index in [1.165, 1.54) is 11.8 Å². The van der Waals surface area contributed by atoms with Gasteiger partial charge in [-0.3, -0.25) is 4.79 Å². The van der Waals surface area contributed by atoms with Crippen LogP contribution in [-0.4, -0.2) is 23.8 Å². The molecule has 0 aliphatic rings. The molecule has 5 nitrogen and oxygen atoms in total. The molecule has 6 heteroatoms. The Balaban J connectivity index is 1.37. The zero-order chi connectivity index (χ0) is 26.3. The largest absolute Gasteiger partial charge is 0.497 e. The number of fused-ring (bicyclic) bond motifs is 1. The number of hydrogen-bond donors (Lipinski definition) is 1. The first kappa shape index (κ1) is 25.1. The van der Waals surface area contributed by atoms with Crippen LogP contribution in [0.4, 0.5) is 5.69 Å². The first-order chi connectivity index (χ1) is 18.6. The van der Waals surface area contributed by atoms with Gasteiger partial charge in [0.25, 0.3) is 0 Å². The van der Waals surface area contributed by atoms with Gasteiger partial charge in [0.1, 0.15) is 16.8 Å². The van der Waals surface area contributed by atoms with Gasteiger partial charge in [-0.25, -0.2) is 4.98 Å². The maximum absolute atomic E-state index is 12.7. The van der Waals surface area contributed by atoms with Gasteiger partial charge < -0.3 is 10.1 Å². The quantitative estimate of drug-likeness (QED) is 0.216. The van der Waals surface area contributed by atoms with E-state index in [0.717, 1.165) is 44.6 Å². The van der Waals surface area contributed by atoms with E-state index in [1.807, 2.05) is 103 Å². The lowest BCUT2D eigenvalue weighted by Gasteiger charge is -2.13. The standard InChI is InChI=1S/C32H25N3O2S/c1-37-27-15-12-23(13-16-27)28-20-30(24-8-3-2-4-9-24)35-32(29(28)21-33)38-18-17-31(36)34-26-14-11-22-7-5-6-10-25(22)19-26/h2-16,19-20H,17-18H2,1H3,(H,34,36). The van der Waals surface area contributed by atoms with Crippen molar-refractivity contribution < 1.29 is 9.53 Å². The summed E-state index contributed by atoms with van der Waals surface area (Å²) in [6, 6.07) is 35.7. The fraction of sp³-hybridized carbons (Fsp3) is 0.0938. The van der Waals surface area contributed by atoms with Gasteiger partial charge in [-0.1, -0.05) is 72.8 Å². The van der Waals surface area contributed by atoms with Crippen LogP contribution in [0.5, 0.6) is 5.75 Å². The Morgan fingerprint density at radius 3 is 2.37 bits per heavy atom. The summed E-state index contributed by atoms with van der Waals surface area (Å²) in [7, 11) is 1.63. The highest BCUT2D eigenvalue weighted by molar-refractivity contribution is 7.99. The minimum atomic E-state index is -0.0825. The van der Waals surface area contributed by atoms with E-state index < -0.39 is 0 Å². The van der Waals surface area contributed by atoms with Gasteiger partial charge in [0.05, 0.1) is 18.4 Å². The molecule has 0 aliphatic carbocycles. The third kappa shape index (κ3) is 5.69. The molecule has 1 heterocycles. The predicted octanol–water partition coefficient (Wildman–Crippen LogP) is 7.57. The van der Waals surface area contributed by atoms with E-state index >= 15 is 0 Å². The van der Waals surface area contributed by atoms with Crippen molar-refractivity contribution in [1.82, 2.24) is 4.98 Å². The van der Waals surface area contributed by atoms with E-state index in [4.69, 9.17) is 9.72 Å². The number of ether oxygens (including phenoxy) is 1. The average Bonchev–Trinajstić information content (AvgIpc) is 2.97. The summed E-state index contributed by atoms with van der Waals surface area (Å²) < 4.78 is 5.30. The molecule has 0 unspecified atom stereocenters. The minimum Gasteiger partial charge on any atom is -0.497 e. The molecule has 0 radical (unpaired) electrons. The van der Waals surface area contributed by atoms with Crippen LogP contribution in [0.15, 0.2) is 108 Å². The molecular weight excluding hydrogens is 490 g/mol. The first-order valence-electron chi connectivity index (χ1n) is 12.2. The van der Waals surface area contributed by atoms with Gasteiger partial charge >= 0.3 is 0 Å². The lowest BCUT2D eigenvalue weighted by atomic mass is 9.99. The molecule has 0 saturated heterocycles. The topological polar surface area (TPSA) is 75.0 Å². The van der Waals surface area contributed by atoms with Crippen molar-refractivity contribution in [2.45, 2.75) is 11.4 Å². The summed E-state index contributed by atoms with van der Waals surface area (Å²) in [5.74, 6) is 1.15. The maximum Gasteiger partial charge on any atom is 0.225 e. The Bertz CT molecular complexity index is 1630. The van der Waals surface area contributed by atoms with Crippen molar-refractivity contribution in [1.29, 1.82) is 5.26 Å². The highest BCUT2D eigenvalue weighted by Gasteiger charge is 2.16. The molecule has 0 aliphatic heterocycles. The van der Waals surface area contributed by atoms with Crippen LogP contribution in [0.3, 0.4) is 0 Å². The summed E-state index contributed by atoms with van der Waals surface area (Å²) in [4.78, 5) is 17.5. The minimum absolute atomic E-state index is 0.0825. The fourth-order valence-corrected chi connectivity index (χ4v) is 5.16. The van der Waals surface area contributed by atoms with Crippen molar-refractivity contribution >= 4 is 34.1 Å². The van der Waals surface area contributed by atoms with Gasteiger partial charge in [-0.05, 0) is 46.7 Å². The van der Waals surface area contributed by atoms with Crippen molar-refractivity contribution in [3.8, 4) is 34.2 Å². The predicted molar refractivity (Wildman–Crippen MR) is 154 cm³/mol. The Kier molecular flexibility index (Phi) is 7.67. The van der Waals surface area contributed by atoms with E-state index in [1.54, 1.807) is 7.11 Å². The monoisotopic (exact) mass is 515 g/mol. The summed E-state index contributed by atoms with van der Waals surface area (Å²) >= 11 is 1.42. The van der Waals surface area contributed by atoms with Crippen LogP contribution in [0.2, 0.25) is 0 Å². The summed E-state index contributed by atoms with van der Waals surface area (Å²) in [6.07, 6.45) is 0.289. The number of carbonyl (C=O) groups excluding carboxylic acids is 1. The zero-order valence-electron chi connectivity index (χ0n) is 20.8. The highest BCUT2D eigenvalue weighted by Crippen LogP contribution is 2.35. The fourth-order valence-electron chi connectivity index (χ4n) is 4.22. The van der Waals surface area contributed by atoms with Gasteiger partial charge in [-0.2, -0.15) is 5.26 Å². The number of rotatable bonds is 8. The lowest BCUT2D eigenvalue weighted by molar-refractivity contribution is -0.115. The van der Waals surface area contributed by atoms with E-state index in [9.17, 15) is 10.1 Å². The van der Waals surface area contributed by atoms with Crippen molar-refractivity contribution in [2.75, 3.05) is 18.2 Å². The molecule has 0 saturated carbocycles. The summed E-state index contributed by atoms with van der Waals surface area (Å²) in [6.45, 7) is 0. The average molecular weight is 516 g/mol. The van der Waals surface area contributed by atoms with E-state index in [2.05, 4.69) is 11.4 Å². The number of methoxy groups -OCH3 is 1. The Labute approximate surface area is 226 Å². The number of nitriles is 1. The number of hydrogen-bond acceptors (Lipinski definition) is 5. The van der Waals surface area contributed by atoms with Gasteiger partial charge in [0, 0.05) is 29.0 Å². The van der Waals surface area contributed by atoms with Crippen LogP contribution in [-0.2, 0) is 4.79 Å². The van der Waals surface area contributed by atoms with Gasteiger partial charge in [0.15, 0.2) is 0 Å². The SMILES string of the molecule is COc1ccc(-c2cc(-c3ccccc3)nc(SCCC(=O)Nc3ccc4ccccc4c3)c2C#N)cc1. The number of anilines is 1. The molecule has 186 valence electrons. The molecule has 1 amide bonds. The maximum atomic E-state index is 12.7. The molecule has 5 aromatic rings. The molecule has 1 N–H and O–H groups in total. The lowest BCUT2D eigenvalue weighted by Crippen LogP contribution is -2.12. The molecule has 38 heavy (non-hydrogen) atoms. The number of carbonyl (C=O) groups is 1. The number of benzene rings is 4. The summed E-state index contributed by atoms with van der Waals surface area (Å²) in [5, 5.41) is 15.9. The van der Waals surface area contributed by atoms with Crippen LogP contribution in [0, 0.1) is 11.3 Å². The number of pyridine rings is 1. The van der Waals surface area contributed by atoms with Crippen molar-refractivity contribution in [3.05, 3.63) is 109 Å². The Morgan fingerprint density at radius 2 is 1.63 bits per heavy atom. The third-order valence-electron chi connectivity index (χ3n) is 6.17. The van der Waals surface area contributed by atoms with Crippen molar-refractivity contribution in [2.24, 2.45) is 0 Å². The van der Waals surface area contributed by atoms with Crippen LogP contribution in [0.25, 0.3) is 33.2 Å². The second-order valence-corrected chi connectivity index (χ2v) is 9.73. The van der Waals surface area contributed by atoms with E-state index in [0.29, 0.717) is 16.3 Å². The van der Waals surface area contributed by atoms with Crippen LogP contribution < -0.4 is 10.1 Å².